The molecular formula is C16H17NO2. The fourth-order valence-corrected chi connectivity index (χ4v) is 2.68. The number of aliphatic hydroxyl groups excluding tert-OH is 1. The van der Waals surface area contributed by atoms with Crippen molar-refractivity contribution in [3.63, 3.8) is 0 Å². The minimum absolute atomic E-state index is 0.0549. The molecule has 0 saturated heterocycles. The van der Waals surface area contributed by atoms with Gasteiger partial charge < -0.3 is 9.84 Å². The number of aliphatic hydroxyl groups is 1. The molecule has 1 aromatic carbocycles. The van der Waals surface area contributed by atoms with Crippen molar-refractivity contribution < 1.29 is 9.84 Å². The Morgan fingerprint density at radius 2 is 2.16 bits per heavy atom. The van der Waals surface area contributed by atoms with Crippen molar-refractivity contribution >= 4 is 0 Å². The quantitative estimate of drug-likeness (QED) is 0.897. The van der Waals surface area contributed by atoms with Crippen LogP contribution >= 0.6 is 0 Å². The topological polar surface area (TPSA) is 42.4 Å². The molecule has 0 bridgehead atoms. The first-order chi connectivity index (χ1) is 9.23. The number of nitrogens with zero attached hydrogens (tertiary/aromatic N) is 1. The van der Waals surface area contributed by atoms with Crippen LogP contribution in [0.5, 0.6) is 5.75 Å². The maximum absolute atomic E-state index is 9.79. The second-order valence-corrected chi connectivity index (χ2v) is 5.31. The number of hydrogen-bond acceptors (Lipinski definition) is 3. The SMILES string of the molecule is C[C@]1(CO)C[C@H](c2cccnc2)Oc2ccccc21. The first kappa shape index (κ1) is 12.2. The van der Waals surface area contributed by atoms with Crippen molar-refractivity contribution in [2.45, 2.75) is 24.9 Å². The summed E-state index contributed by atoms with van der Waals surface area (Å²) in [5, 5.41) is 9.79. The van der Waals surface area contributed by atoms with E-state index in [1.54, 1.807) is 6.20 Å². The Hall–Kier alpha value is -1.87. The van der Waals surface area contributed by atoms with E-state index in [1.807, 2.05) is 42.6 Å². The van der Waals surface area contributed by atoms with Crippen molar-refractivity contribution in [2.24, 2.45) is 0 Å². The van der Waals surface area contributed by atoms with Crippen LogP contribution in [0.2, 0.25) is 0 Å². The molecule has 1 aromatic heterocycles. The molecule has 0 aliphatic carbocycles. The highest BCUT2D eigenvalue weighted by Gasteiger charge is 2.38. The van der Waals surface area contributed by atoms with Gasteiger partial charge in [0.05, 0.1) is 6.61 Å². The number of hydrogen-bond donors (Lipinski definition) is 1. The normalized spacial score (nSPS) is 25.5. The Balaban J connectivity index is 2.02. The number of fused-ring (bicyclic) bond motifs is 1. The van der Waals surface area contributed by atoms with Gasteiger partial charge in [0.1, 0.15) is 11.9 Å². The zero-order valence-corrected chi connectivity index (χ0v) is 10.9. The van der Waals surface area contributed by atoms with E-state index in [1.165, 1.54) is 0 Å². The van der Waals surface area contributed by atoms with Gasteiger partial charge in [0.2, 0.25) is 0 Å². The molecule has 1 N–H and O–H groups in total. The second-order valence-electron chi connectivity index (χ2n) is 5.31. The smallest absolute Gasteiger partial charge is 0.126 e. The predicted molar refractivity (Wildman–Crippen MR) is 73.1 cm³/mol. The molecule has 0 spiro atoms. The number of ether oxygens (including phenoxy) is 1. The first-order valence-electron chi connectivity index (χ1n) is 6.50. The van der Waals surface area contributed by atoms with E-state index in [4.69, 9.17) is 4.74 Å². The first-order valence-corrected chi connectivity index (χ1v) is 6.50. The third-order valence-electron chi connectivity index (χ3n) is 3.85. The highest BCUT2D eigenvalue weighted by atomic mass is 16.5. The average Bonchev–Trinajstić information content (AvgIpc) is 2.48. The van der Waals surface area contributed by atoms with Crippen molar-refractivity contribution in [2.75, 3.05) is 6.61 Å². The third kappa shape index (κ3) is 2.10. The van der Waals surface area contributed by atoms with E-state index >= 15 is 0 Å². The van der Waals surface area contributed by atoms with E-state index in [0.717, 1.165) is 23.3 Å². The van der Waals surface area contributed by atoms with E-state index in [2.05, 4.69) is 11.9 Å². The number of benzene rings is 1. The molecule has 0 saturated carbocycles. The maximum Gasteiger partial charge on any atom is 0.126 e. The molecule has 98 valence electrons. The van der Waals surface area contributed by atoms with Gasteiger partial charge in [-0.05, 0) is 12.1 Å². The van der Waals surface area contributed by atoms with Crippen LogP contribution in [0, 0.1) is 0 Å². The summed E-state index contributed by atoms with van der Waals surface area (Å²) in [7, 11) is 0. The minimum Gasteiger partial charge on any atom is -0.485 e. The maximum atomic E-state index is 9.79. The highest BCUT2D eigenvalue weighted by Crippen LogP contribution is 2.45. The zero-order chi connectivity index (χ0) is 13.3. The van der Waals surface area contributed by atoms with E-state index in [0.29, 0.717) is 0 Å². The van der Waals surface area contributed by atoms with Crippen molar-refractivity contribution in [1.29, 1.82) is 0 Å². The van der Waals surface area contributed by atoms with Gasteiger partial charge in [0.25, 0.3) is 0 Å². The number of pyridine rings is 1. The van der Waals surface area contributed by atoms with Gasteiger partial charge in [-0.2, -0.15) is 0 Å². The summed E-state index contributed by atoms with van der Waals surface area (Å²) < 4.78 is 6.06. The molecule has 2 atom stereocenters. The van der Waals surface area contributed by atoms with Crippen LogP contribution in [-0.4, -0.2) is 16.7 Å². The van der Waals surface area contributed by atoms with Crippen LogP contribution in [0.4, 0.5) is 0 Å². The second kappa shape index (κ2) is 4.67. The lowest BCUT2D eigenvalue weighted by atomic mass is 9.75. The van der Waals surface area contributed by atoms with Crippen LogP contribution in [0.1, 0.15) is 30.6 Å². The van der Waals surface area contributed by atoms with Crippen molar-refractivity contribution in [1.82, 2.24) is 4.98 Å². The lowest BCUT2D eigenvalue weighted by Crippen LogP contribution is -2.35. The van der Waals surface area contributed by atoms with Crippen molar-refractivity contribution in [3.8, 4) is 5.75 Å². The fourth-order valence-electron chi connectivity index (χ4n) is 2.68. The Bertz CT molecular complexity index is 570. The molecule has 2 aromatic rings. The summed E-state index contributed by atoms with van der Waals surface area (Å²) >= 11 is 0. The molecule has 0 unspecified atom stereocenters. The molecule has 0 fully saturated rings. The lowest BCUT2D eigenvalue weighted by molar-refractivity contribution is 0.0911. The van der Waals surface area contributed by atoms with E-state index in [9.17, 15) is 5.11 Å². The Kier molecular flexibility index (Phi) is 2.99. The largest absolute Gasteiger partial charge is 0.485 e. The number of aromatic nitrogens is 1. The Labute approximate surface area is 112 Å². The molecule has 3 nitrogen and oxygen atoms in total. The minimum atomic E-state index is -0.269. The van der Waals surface area contributed by atoms with Gasteiger partial charge in [-0.25, -0.2) is 0 Å². The van der Waals surface area contributed by atoms with Crippen LogP contribution in [0.15, 0.2) is 48.8 Å². The van der Waals surface area contributed by atoms with Gasteiger partial charge in [-0.3, -0.25) is 4.98 Å². The molecule has 1 aliphatic heterocycles. The molecule has 0 radical (unpaired) electrons. The van der Waals surface area contributed by atoms with Crippen LogP contribution in [-0.2, 0) is 5.41 Å². The fraction of sp³-hybridized carbons (Fsp3) is 0.312. The van der Waals surface area contributed by atoms with E-state index < -0.39 is 0 Å². The standard InChI is InChI=1S/C16H17NO2/c1-16(11-18)9-15(12-5-4-8-17-10-12)19-14-7-3-2-6-13(14)16/h2-8,10,15,18H,9,11H2,1H3/t15-,16-/m1/s1. The van der Waals surface area contributed by atoms with Crippen LogP contribution in [0.3, 0.4) is 0 Å². The van der Waals surface area contributed by atoms with E-state index in [-0.39, 0.29) is 18.1 Å². The Morgan fingerprint density at radius 3 is 2.89 bits per heavy atom. The Morgan fingerprint density at radius 1 is 1.32 bits per heavy atom. The molecule has 1 aliphatic rings. The summed E-state index contributed by atoms with van der Waals surface area (Å²) in [6, 6.07) is 11.9. The summed E-state index contributed by atoms with van der Waals surface area (Å²) in [6.07, 6.45) is 4.29. The zero-order valence-electron chi connectivity index (χ0n) is 10.9. The van der Waals surface area contributed by atoms with Gasteiger partial charge in [0, 0.05) is 35.4 Å². The average molecular weight is 255 g/mol. The van der Waals surface area contributed by atoms with Gasteiger partial charge in [-0.1, -0.05) is 31.2 Å². The molecule has 3 rings (SSSR count). The molecular weight excluding hydrogens is 238 g/mol. The van der Waals surface area contributed by atoms with Gasteiger partial charge >= 0.3 is 0 Å². The van der Waals surface area contributed by atoms with Crippen LogP contribution in [0.25, 0.3) is 0 Å². The summed E-state index contributed by atoms with van der Waals surface area (Å²) in [5.74, 6) is 0.860. The number of rotatable bonds is 2. The van der Waals surface area contributed by atoms with Gasteiger partial charge in [0.15, 0.2) is 0 Å². The molecule has 2 heterocycles. The highest BCUT2D eigenvalue weighted by molar-refractivity contribution is 5.42. The van der Waals surface area contributed by atoms with Crippen LogP contribution < -0.4 is 4.74 Å². The summed E-state index contributed by atoms with van der Waals surface area (Å²) in [4.78, 5) is 4.15. The number of para-hydroxylation sites is 1. The molecule has 0 amide bonds. The summed E-state index contributed by atoms with van der Waals surface area (Å²) in [5.41, 5.74) is 1.87. The molecule has 3 heteroatoms. The monoisotopic (exact) mass is 255 g/mol. The predicted octanol–water partition coefficient (Wildman–Crippen LogP) is 2.86. The summed E-state index contributed by atoms with van der Waals surface area (Å²) in [6.45, 7) is 2.20. The van der Waals surface area contributed by atoms with Gasteiger partial charge in [-0.15, -0.1) is 0 Å². The lowest BCUT2D eigenvalue weighted by Gasteiger charge is -2.39. The molecule has 19 heavy (non-hydrogen) atoms. The third-order valence-corrected chi connectivity index (χ3v) is 3.85. The van der Waals surface area contributed by atoms with Crippen molar-refractivity contribution in [3.05, 3.63) is 59.9 Å².